The first kappa shape index (κ1) is 29.0. The molecule has 1 amide bonds. The number of amides is 1. The maximum absolute atomic E-state index is 13.5. The van der Waals surface area contributed by atoms with Gasteiger partial charge in [-0.05, 0) is 68.5 Å². The van der Waals surface area contributed by atoms with Gasteiger partial charge in [-0.15, -0.1) is 0 Å². The van der Waals surface area contributed by atoms with Crippen molar-refractivity contribution in [1.82, 2.24) is 5.16 Å². The van der Waals surface area contributed by atoms with E-state index in [1.807, 2.05) is 0 Å². The zero-order chi connectivity index (χ0) is 29.9. The fourth-order valence-corrected chi connectivity index (χ4v) is 8.65. The molecule has 9 nitrogen and oxygen atoms in total. The van der Waals surface area contributed by atoms with Crippen LogP contribution in [0.25, 0.3) is 11.3 Å². The van der Waals surface area contributed by atoms with Crippen molar-refractivity contribution in [2.45, 2.75) is 62.0 Å². The highest BCUT2D eigenvalue weighted by Gasteiger charge is 2.52. The van der Waals surface area contributed by atoms with Crippen molar-refractivity contribution in [3.63, 3.8) is 0 Å². The second-order valence-electron chi connectivity index (χ2n) is 11.8. The number of benzene rings is 2. The van der Waals surface area contributed by atoms with E-state index in [0.29, 0.717) is 64.3 Å². The molecule has 12 heteroatoms. The van der Waals surface area contributed by atoms with Crippen molar-refractivity contribution in [2.75, 3.05) is 23.9 Å². The van der Waals surface area contributed by atoms with Crippen molar-refractivity contribution in [1.29, 1.82) is 0 Å². The summed E-state index contributed by atoms with van der Waals surface area (Å²) in [6.07, 6.45) is 3.55. The van der Waals surface area contributed by atoms with E-state index in [-0.39, 0.29) is 37.2 Å². The summed E-state index contributed by atoms with van der Waals surface area (Å²) in [6.45, 7) is 0.766. The molecule has 3 heterocycles. The van der Waals surface area contributed by atoms with Gasteiger partial charge in [0.2, 0.25) is 5.91 Å². The number of ether oxygens (including phenoxy) is 2. The minimum atomic E-state index is -3.58. The van der Waals surface area contributed by atoms with Gasteiger partial charge in [-0.1, -0.05) is 34.4 Å². The summed E-state index contributed by atoms with van der Waals surface area (Å²) < 4.78 is 42.5. The monoisotopic (exact) mass is 644 g/mol. The first-order valence-corrected chi connectivity index (χ1v) is 17.0. The van der Waals surface area contributed by atoms with E-state index < -0.39 is 26.6 Å². The molecule has 2 aliphatic carbocycles. The largest absolute Gasteiger partial charge is 0.380 e. The summed E-state index contributed by atoms with van der Waals surface area (Å²) in [7, 11) is -3.58. The number of nitrogens with zero attached hydrogens (tertiary/aromatic N) is 2. The van der Waals surface area contributed by atoms with E-state index in [1.54, 1.807) is 47.4 Å². The van der Waals surface area contributed by atoms with E-state index in [1.165, 1.54) is 0 Å². The molecule has 0 N–H and O–H groups in total. The van der Waals surface area contributed by atoms with Crippen LogP contribution in [-0.2, 0) is 30.7 Å². The maximum atomic E-state index is 13.5. The van der Waals surface area contributed by atoms with Crippen molar-refractivity contribution < 1.29 is 32.0 Å². The summed E-state index contributed by atoms with van der Waals surface area (Å²) >= 11 is 13.0. The van der Waals surface area contributed by atoms with Crippen LogP contribution in [-0.4, -0.2) is 61.6 Å². The Hall–Kier alpha value is -2.76. The van der Waals surface area contributed by atoms with Gasteiger partial charge in [-0.25, -0.2) is 8.42 Å². The van der Waals surface area contributed by atoms with Crippen LogP contribution in [0.2, 0.25) is 10.0 Å². The molecule has 43 heavy (non-hydrogen) atoms. The lowest BCUT2D eigenvalue weighted by atomic mass is 10.0. The number of rotatable bonds is 10. The van der Waals surface area contributed by atoms with E-state index in [2.05, 4.69) is 5.16 Å². The average molecular weight is 646 g/mol. The Balaban J connectivity index is 1.02. The Morgan fingerprint density at radius 1 is 1.05 bits per heavy atom. The molecule has 1 aromatic heterocycles. The number of aromatic nitrogens is 1. The Morgan fingerprint density at radius 2 is 1.79 bits per heavy atom. The molecule has 4 aliphatic rings. The van der Waals surface area contributed by atoms with Crippen LogP contribution >= 0.6 is 23.2 Å². The van der Waals surface area contributed by atoms with Crippen molar-refractivity contribution >= 4 is 50.4 Å². The third-order valence-corrected chi connectivity index (χ3v) is 11.7. The number of fused-ring (bicyclic) bond motifs is 2. The van der Waals surface area contributed by atoms with Gasteiger partial charge in [-0.2, -0.15) is 0 Å². The minimum Gasteiger partial charge on any atom is -0.380 e. The standard InChI is InChI=1S/C31H30Cl2N2O7S/c32-24-2-1-3-25(33)28(24)29-23(30(42-34-29)18-4-5-18)15-41-27-13-20-12-22(27)31(37)35(20)19-8-6-17(7-9-19)26(36)16-43(38,39)21-10-11-40-14-21/h1-3,6-9,18,20-22,27H,4-5,10-16H2/t20-,21?,22+,27+/m0/s1. The van der Waals surface area contributed by atoms with Crippen molar-refractivity contribution in [2.24, 2.45) is 5.92 Å². The van der Waals surface area contributed by atoms with Gasteiger partial charge in [0.15, 0.2) is 15.6 Å². The Kier molecular flexibility index (Phi) is 7.62. The normalized spacial score (nSPS) is 25.2. The fourth-order valence-electron chi connectivity index (χ4n) is 6.55. The number of Topliss-reactive ketones (excluding diaryl/α,β-unsaturated/α-hetero) is 1. The lowest BCUT2D eigenvalue weighted by molar-refractivity contribution is -0.126. The second kappa shape index (κ2) is 11.3. The molecule has 7 rings (SSSR count). The number of anilines is 1. The number of hydrogen-bond acceptors (Lipinski definition) is 8. The zero-order valence-corrected chi connectivity index (χ0v) is 25.5. The Bertz CT molecular complexity index is 1660. The van der Waals surface area contributed by atoms with E-state index in [0.717, 1.165) is 24.2 Å². The second-order valence-corrected chi connectivity index (χ2v) is 14.9. The Labute approximate surface area is 259 Å². The van der Waals surface area contributed by atoms with Gasteiger partial charge in [0, 0.05) is 40.9 Å². The van der Waals surface area contributed by atoms with Gasteiger partial charge in [0.25, 0.3) is 0 Å². The fraction of sp³-hybridized carbons (Fsp3) is 0.452. The number of carbonyl (C=O) groups is 2. The van der Waals surface area contributed by atoms with Crippen LogP contribution in [0.4, 0.5) is 5.69 Å². The molecule has 3 aromatic rings. The smallest absolute Gasteiger partial charge is 0.233 e. The van der Waals surface area contributed by atoms with Crippen LogP contribution in [0, 0.1) is 5.92 Å². The van der Waals surface area contributed by atoms with Gasteiger partial charge >= 0.3 is 0 Å². The topological polar surface area (TPSA) is 116 Å². The summed E-state index contributed by atoms with van der Waals surface area (Å²) in [4.78, 5) is 28.0. The quantitative estimate of drug-likeness (QED) is 0.261. The van der Waals surface area contributed by atoms with Crippen molar-refractivity contribution in [3.05, 3.63) is 69.4 Å². The van der Waals surface area contributed by atoms with Crippen LogP contribution in [0.15, 0.2) is 47.0 Å². The van der Waals surface area contributed by atoms with E-state index in [9.17, 15) is 18.0 Å². The molecule has 2 saturated heterocycles. The summed E-state index contributed by atoms with van der Waals surface area (Å²) in [6, 6.07) is 11.9. The number of sulfone groups is 1. The number of halogens is 2. The molecule has 2 aliphatic heterocycles. The highest BCUT2D eigenvalue weighted by Crippen LogP contribution is 2.47. The highest BCUT2D eigenvalue weighted by molar-refractivity contribution is 7.92. The summed E-state index contributed by atoms with van der Waals surface area (Å²) in [5.41, 5.74) is 3.01. The maximum Gasteiger partial charge on any atom is 0.233 e. The molecular formula is C31H30Cl2N2O7S. The van der Waals surface area contributed by atoms with Gasteiger partial charge in [0.1, 0.15) is 17.2 Å². The van der Waals surface area contributed by atoms with E-state index in [4.69, 9.17) is 37.2 Å². The SMILES string of the molecule is O=C(CS(=O)(=O)C1CCOC1)c1ccc(N2C(=O)[C@@H]3C[C@H]2C[C@H]3OCc2c(-c3c(Cl)cccc3Cl)noc2C2CC2)cc1. The van der Waals surface area contributed by atoms with Gasteiger partial charge in [0.05, 0.1) is 40.5 Å². The number of carbonyl (C=O) groups excluding carboxylic acids is 2. The molecule has 0 spiro atoms. The predicted octanol–water partition coefficient (Wildman–Crippen LogP) is 5.62. The van der Waals surface area contributed by atoms with Gasteiger partial charge < -0.3 is 18.9 Å². The molecular weight excluding hydrogens is 615 g/mol. The average Bonchev–Trinajstić information content (AvgIpc) is 3.34. The molecule has 0 radical (unpaired) electrons. The first-order chi connectivity index (χ1) is 20.7. The lowest BCUT2D eigenvalue weighted by Gasteiger charge is -2.31. The Morgan fingerprint density at radius 3 is 2.44 bits per heavy atom. The van der Waals surface area contributed by atoms with Crippen LogP contribution in [0.3, 0.4) is 0 Å². The van der Waals surface area contributed by atoms with Crippen LogP contribution in [0.1, 0.15) is 59.7 Å². The minimum absolute atomic E-state index is 0.0220. The number of piperidine rings is 1. The molecule has 4 fully saturated rings. The van der Waals surface area contributed by atoms with Crippen molar-refractivity contribution in [3.8, 4) is 11.3 Å². The third-order valence-electron chi connectivity index (χ3n) is 9.00. The van der Waals surface area contributed by atoms with E-state index >= 15 is 0 Å². The summed E-state index contributed by atoms with van der Waals surface area (Å²) in [5, 5.41) is 4.65. The first-order valence-electron chi connectivity index (χ1n) is 14.5. The number of hydrogen-bond donors (Lipinski definition) is 0. The molecule has 2 saturated carbocycles. The van der Waals surface area contributed by atoms with Crippen LogP contribution < -0.4 is 4.90 Å². The molecule has 1 unspecified atom stereocenters. The van der Waals surface area contributed by atoms with Gasteiger partial charge in [-0.3, -0.25) is 9.59 Å². The molecule has 2 bridgehead atoms. The van der Waals surface area contributed by atoms with Crippen LogP contribution in [0.5, 0.6) is 0 Å². The third kappa shape index (κ3) is 5.42. The molecule has 2 aromatic carbocycles. The molecule has 4 atom stereocenters. The molecule has 226 valence electrons. The zero-order valence-electron chi connectivity index (χ0n) is 23.2. The lowest BCUT2D eigenvalue weighted by Crippen LogP contribution is -2.43. The predicted molar refractivity (Wildman–Crippen MR) is 160 cm³/mol. The summed E-state index contributed by atoms with van der Waals surface area (Å²) in [5.74, 6) is -0.233. The highest BCUT2D eigenvalue weighted by atomic mass is 35.5. The number of ketones is 1.